The lowest BCUT2D eigenvalue weighted by Gasteiger charge is -2.03. The number of nitrogens with one attached hydrogen (secondary N) is 2. The highest BCUT2D eigenvalue weighted by atomic mass is 79.9. The van der Waals surface area contributed by atoms with E-state index in [1.54, 1.807) is 6.92 Å². The van der Waals surface area contributed by atoms with Gasteiger partial charge in [0.25, 0.3) is 5.56 Å². The van der Waals surface area contributed by atoms with Crippen molar-refractivity contribution in [2.24, 2.45) is 0 Å². The molecular weight excluding hydrogens is 238 g/mol. The molecule has 0 saturated carbocycles. The normalized spacial score (nSPS) is 9.69. The summed E-state index contributed by atoms with van der Waals surface area (Å²) < 4.78 is 0.282. The SMILES string of the molecule is CCC(=O)Nc1cn[nH]c(=O)c1Br. The van der Waals surface area contributed by atoms with Crippen molar-refractivity contribution in [1.29, 1.82) is 0 Å². The maximum atomic E-state index is 11.0. The van der Waals surface area contributed by atoms with Crippen molar-refractivity contribution in [2.75, 3.05) is 5.32 Å². The molecular formula is C7H8BrN3O2. The Kier molecular flexibility index (Phi) is 3.18. The van der Waals surface area contributed by atoms with Crippen LogP contribution in [-0.2, 0) is 4.79 Å². The van der Waals surface area contributed by atoms with Crippen LogP contribution in [0.25, 0.3) is 0 Å². The summed E-state index contributed by atoms with van der Waals surface area (Å²) in [5.41, 5.74) is 0.0181. The minimum atomic E-state index is -0.367. The van der Waals surface area contributed by atoms with E-state index in [1.165, 1.54) is 6.20 Å². The zero-order valence-electron chi connectivity index (χ0n) is 6.93. The van der Waals surface area contributed by atoms with Crippen LogP contribution in [0.3, 0.4) is 0 Å². The van der Waals surface area contributed by atoms with Gasteiger partial charge in [-0.2, -0.15) is 5.10 Å². The van der Waals surface area contributed by atoms with E-state index in [4.69, 9.17) is 0 Å². The average molecular weight is 246 g/mol. The summed E-state index contributed by atoms with van der Waals surface area (Å²) in [4.78, 5) is 22.0. The lowest BCUT2D eigenvalue weighted by molar-refractivity contribution is -0.115. The van der Waals surface area contributed by atoms with Crippen LogP contribution in [0.4, 0.5) is 5.69 Å². The summed E-state index contributed by atoms with van der Waals surface area (Å²) in [7, 11) is 0. The van der Waals surface area contributed by atoms with Gasteiger partial charge in [-0.3, -0.25) is 9.59 Å². The molecule has 1 rings (SSSR count). The number of rotatable bonds is 2. The van der Waals surface area contributed by atoms with E-state index in [2.05, 4.69) is 31.4 Å². The molecule has 0 aliphatic rings. The molecule has 2 N–H and O–H groups in total. The van der Waals surface area contributed by atoms with Crippen LogP contribution >= 0.6 is 15.9 Å². The molecule has 1 amide bonds. The number of hydrogen-bond acceptors (Lipinski definition) is 3. The van der Waals surface area contributed by atoms with Crippen LogP contribution < -0.4 is 10.9 Å². The Hall–Kier alpha value is -1.17. The quantitative estimate of drug-likeness (QED) is 0.813. The molecule has 0 bridgehead atoms. The molecule has 0 aliphatic heterocycles. The smallest absolute Gasteiger partial charge is 0.280 e. The molecule has 0 aliphatic carbocycles. The monoisotopic (exact) mass is 245 g/mol. The molecule has 0 aromatic carbocycles. The lowest BCUT2D eigenvalue weighted by Crippen LogP contribution is -2.16. The third-order valence-corrected chi connectivity index (χ3v) is 2.18. The van der Waals surface area contributed by atoms with Crippen molar-refractivity contribution >= 4 is 27.5 Å². The highest BCUT2D eigenvalue weighted by molar-refractivity contribution is 9.10. The first kappa shape index (κ1) is 9.91. The maximum Gasteiger partial charge on any atom is 0.280 e. The van der Waals surface area contributed by atoms with Crippen LogP contribution in [0.5, 0.6) is 0 Å². The number of halogens is 1. The van der Waals surface area contributed by atoms with Crippen LogP contribution in [0, 0.1) is 0 Å². The van der Waals surface area contributed by atoms with Crippen molar-refractivity contribution < 1.29 is 4.79 Å². The predicted molar refractivity (Wildman–Crippen MR) is 51.5 cm³/mol. The number of amides is 1. The molecule has 70 valence electrons. The van der Waals surface area contributed by atoms with Crippen LogP contribution in [0.1, 0.15) is 13.3 Å². The van der Waals surface area contributed by atoms with Gasteiger partial charge in [-0.1, -0.05) is 6.92 Å². The summed E-state index contributed by atoms with van der Waals surface area (Å²) in [6.07, 6.45) is 1.73. The second-order valence-corrected chi connectivity index (χ2v) is 3.12. The Bertz CT molecular complexity index is 374. The number of carbonyl (C=O) groups excluding carboxylic acids is 1. The zero-order chi connectivity index (χ0) is 9.84. The number of hydrogen-bond donors (Lipinski definition) is 2. The van der Waals surface area contributed by atoms with Gasteiger partial charge in [-0.25, -0.2) is 5.10 Å². The predicted octanol–water partition coefficient (Wildman–Crippen LogP) is 0.881. The summed E-state index contributed by atoms with van der Waals surface area (Å²) in [5.74, 6) is -0.159. The largest absolute Gasteiger partial charge is 0.324 e. The first-order valence-electron chi connectivity index (χ1n) is 3.68. The molecule has 0 unspecified atom stereocenters. The van der Waals surface area contributed by atoms with Gasteiger partial charge >= 0.3 is 0 Å². The second-order valence-electron chi connectivity index (χ2n) is 2.33. The van der Waals surface area contributed by atoms with Crippen molar-refractivity contribution in [1.82, 2.24) is 10.2 Å². The van der Waals surface area contributed by atoms with E-state index in [0.717, 1.165) is 0 Å². The van der Waals surface area contributed by atoms with E-state index in [0.29, 0.717) is 12.1 Å². The van der Waals surface area contributed by atoms with E-state index < -0.39 is 0 Å². The molecule has 0 spiro atoms. The number of H-pyrrole nitrogens is 1. The van der Waals surface area contributed by atoms with E-state index in [9.17, 15) is 9.59 Å². The van der Waals surface area contributed by atoms with Gasteiger partial charge in [0.2, 0.25) is 5.91 Å². The zero-order valence-corrected chi connectivity index (χ0v) is 8.51. The van der Waals surface area contributed by atoms with E-state index >= 15 is 0 Å². The van der Waals surface area contributed by atoms with Gasteiger partial charge in [0.15, 0.2) is 0 Å². The fourth-order valence-electron chi connectivity index (χ4n) is 0.709. The molecule has 6 heteroatoms. The fourth-order valence-corrected chi connectivity index (χ4v) is 0.999. The van der Waals surface area contributed by atoms with Crippen LogP contribution in [-0.4, -0.2) is 16.1 Å². The maximum absolute atomic E-state index is 11.0. The third kappa shape index (κ3) is 2.38. The summed E-state index contributed by atoms with van der Waals surface area (Å²) in [5, 5.41) is 8.31. The third-order valence-electron chi connectivity index (χ3n) is 1.39. The average Bonchev–Trinajstić information content (AvgIpc) is 2.13. The van der Waals surface area contributed by atoms with E-state index in [1.807, 2.05) is 0 Å². The number of aromatic nitrogens is 2. The number of anilines is 1. The van der Waals surface area contributed by atoms with E-state index in [-0.39, 0.29) is 15.9 Å². The van der Waals surface area contributed by atoms with Gasteiger partial charge in [-0.15, -0.1) is 0 Å². The molecule has 1 heterocycles. The van der Waals surface area contributed by atoms with Crippen LogP contribution in [0.15, 0.2) is 15.5 Å². The summed E-state index contributed by atoms with van der Waals surface area (Å²) in [6.45, 7) is 1.73. The minimum absolute atomic E-state index is 0.159. The van der Waals surface area contributed by atoms with Gasteiger partial charge in [0.05, 0.1) is 11.9 Å². The topological polar surface area (TPSA) is 74.8 Å². The molecule has 0 saturated heterocycles. The molecule has 0 radical (unpaired) electrons. The standard InChI is InChI=1S/C7H8BrN3O2/c1-2-5(12)10-4-3-9-11-7(13)6(4)8/h3H,2H2,1H3,(H2,10,11,12,13). The van der Waals surface area contributed by atoms with Gasteiger partial charge in [-0.05, 0) is 15.9 Å². The highest BCUT2D eigenvalue weighted by Gasteiger charge is 2.06. The Labute approximate surface area is 82.7 Å². The molecule has 13 heavy (non-hydrogen) atoms. The summed E-state index contributed by atoms with van der Waals surface area (Å²) in [6, 6.07) is 0. The first-order chi connectivity index (χ1) is 6.15. The number of nitrogens with zero attached hydrogens (tertiary/aromatic N) is 1. The van der Waals surface area contributed by atoms with Crippen molar-refractivity contribution in [3.8, 4) is 0 Å². The molecule has 0 atom stereocenters. The Morgan fingerprint density at radius 2 is 2.46 bits per heavy atom. The molecule has 5 nitrogen and oxygen atoms in total. The Balaban J connectivity index is 2.96. The Morgan fingerprint density at radius 1 is 1.77 bits per heavy atom. The van der Waals surface area contributed by atoms with Gasteiger partial charge in [0, 0.05) is 6.42 Å². The summed E-state index contributed by atoms with van der Waals surface area (Å²) >= 11 is 3.04. The lowest BCUT2D eigenvalue weighted by atomic mass is 10.4. The van der Waals surface area contributed by atoms with Crippen molar-refractivity contribution in [3.05, 3.63) is 21.0 Å². The fraction of sp³-hybridized carbons (Fsp3) is 0.286. The highest BCUT2D eigenvalue weighted by Crippen LogP contribution is 2.14. The number of aromatic amines is 1. The second kappa shape index (κ2) is 4.18. The van der Waals surface area contributed by atoms with Crippen molar-refractivity contribution in [3.63, 3.8) is 0 Å². The first-order valence-corrected chi connectivity index (χ1v) is 4.47. The Morgan fingerprint density at radius 3 is 3.08 bits per heavy atom. The van der Waals surface area contributed by atoms with Gasteiger partial charge in [0.1, 0.15) is 4.47 Å². The number of carbonyl (C=O) groups is 1. The molecule has 0 fully saturated rings. The minimum Gasteiger partial charge on any atom is -0.324 e. The molecule has 1 aromatic rings. The van der Waals surface area contributed by atoms with Gasteiger partial charge < -0.3 is 5.32 Å². The van der Waals surface area contributed by atoms with Crippen molar-refractivity contribution in [2.45, 2.75) is 13.3 Å². The van der Waals surface area contributed by atoms with Crippen LogP contribution in [0.2, 0.25) is 0 Å². The molecule has 1 aromatic heterocycles.